The Morgan fingerprint density at radius 1 is 1.23 bits per heavy atom. The quantitative estimate of drug-likeness (QED) is 0.549. The first-order valence-corrected chi connectivity index (χ1v) is 12.2. The molecular formula is C22H31N5O2S. The predicted molar refractivity (Wildman–Crippen MR) is 123 cm³/mol. The normalized spacial score (nSPS) is 12.2. The van der Waals surface area contributed by atoms with Crippen LogP contribution in [-0.2, 0) is 16.6 Å². The molecule has 0 spiro atoms. The van der Waals surface area contributed by atoms with Gasteiger partial charge < -0.3 is 4.90 Å². The Morgan fingerprint density at radius 3 is 2.67 bits per heavy atom. The second kappa shape index (κ2) is 9.14. The first kappa shape index (κ1) is 22.2. The van der Waals surface area contributed by atoms with E-state index < -0.39 is 10.0 Å². The number of nitrogens with zero attached hydrogens (tertiary/aromatic N) is 4. The van der Waals surface area contributed by atoms with Crippen molar-refractivity contribution in [3.05, 3.63) is 42.1 Å². The molecule has 0 amide bonds. The molecule has 30 heavy (non-hydrogen) atoms. The molecule has 2 heterocycles. The van der Waals surface area contributed by atoms with Crippen LogP contribution in [0.2, 0.25) is 0 Å². The fraction of sp³-hybridized carbons (Fsp3) is 0.455. The molecule has 162 valence electrons. The molecule has 0 unspecified atom stereocenters. The van der Waals surface area contributed by atoms with Gasteiger partial charge >= 0.3 is 0 Å². The van der Waals surface area contributed by atoms with E-state index in [4.69, 9.17) is 4.98 Å². The zero-order valence-electron chi connectivity index (χ0n) is 18.4. The number of hydrogen-bond acceptors (Lipinski definition) is 5. The molecule has 2 aromatic heterocycles. The van der Waals surface area contributed by atoms with Gasteiger partial charge in [0.1, 0.15) is 0 Å². The number of fused-ring (bicyclic) bond motifs is 1. The number of benzene rings is 1. The highest BCUT2D eigenvalue weighted by Gasteiger charge is 2.16. The van der Waals surface area contributed by atoms with Gasteiger partial charge in [-0.1, -0.05) is 31.5 Å². The molecule has 0 aliphatic heterocycles. The Labute approximate surface area is 179 Å². The smallest absolute Gasteiger partial charge is 0.229 e. The summed E-state index contributed by atoms with van der Waals surface area (Å²) in [5.74, 6) is 0. The van der Waals surface area contributed by atoms with E-state index in [-0.39, 0.29) is 6.04 Å². The summed E-state index contributed by atoms with van der Waals surface area (Å²) in [6.07, 6.45) is 5.17. The van der Waals surface area contributed by atoms with E-state index in [1.54, 1.807) is 12.3 Å². The summed E-state index contributed by atoms with van der Waals surface area (Å²) >= 11 is 0. The Morgan fingerprint density at radius 2 is 2.00 bits per heavy atom. The van der Waals surface area contributed by atoms with E-state index in [0.29, 0.717) is 22.4 Å². The van der Waals surface area contributed by atoms with Crippen LogP contribution < -0.4 is 4.72 Å². The van der Waals surface area contributed by atoms with Crippen molar-refractivity contribution < 1.29 is 8.42 Å². The fourth-order valence-electron chi connectivity index (χ4n) is 3.48. The van der Waals surface area contributed by atoms with E-state index in [0.717, 1.165) is 24.9 Å². The lowest BCUT2D eigenvalue weighted by Crippen LogP contribution is -2.18. The van der Waals surface area contributed by atoms with Gasteiger partial charge in [-0.15, -0.1) is 0 Å². The molecule has 8 heteroatoms. The van der Waals surface area contributed by atoms with Crippen LogP contribution in [0.15, 0.2) is 36.5 Å². The van der Waals surface area contributed by atoms with Crippen LogP contribution in [0.3, 0.4) is 0 Å². The third-order valence-corrected chi connectivity index (χ3v) is 5.51. The van der Waals surface area contributed by atoms with Crippen molar-refractivity contribution in [2.24, 2.45) is 0 Å². The maximum Gasteiger partial charge on any atom is 0.229 e. The second-order valence-corrected chi connectivity index (χ2v) is 9.89. The van der Waals surface area contributed by atoms with Gasteiger partial charge in [-0.3, -0.25) is 4.72 Å². The number of pyridine rings is 1. The summed E-state index contributed by atoms with van der Waals surface area (Å²) in [4.78, 5) is 7.15. The maximum atomic E-state index is 11.9. The number of sulfonamides is 1. The average molecular weight is 430 g/mol. The Bertz CT molecular complexity index is 1120. The van der Waals surface area contributed by atoms with Crippen molar-refractivity contribution in [2.45, 2.75) is 46.2 Å². The van der Waals surface area contributed by atoms with Crippen LogP contribution in [-0.4, -0.2) is 47.9 Å². The van der Waals surface area contributed by atoms with E-state index >= 15 is 0 Å². The van der Waals surface area contributed by atoms with Crippen LogP contribution in [0, 0.1) is 0 Å². The molecule has 3 aromatic rings. The van der Waals surface area contributed by atoms with Crippen molar-refractivity contribution in [1.29, 1.82) is 0 Å². The molecule has 0 aliphatic carbocycles. The standard InChI is InChI=1S/C22H31N5O2S/c1-6-7-11-26(4)15-17-9-8-10-18(12-17)20-13-21(25-30(5,28)29)19-14-23-27(16(2)3)22(19)24-20/h8-10,12-14,16H,6-7,11,15H2,1-5H3,(H,24,25). The number of anilines is 1. The first-order valence-electron chi connectivity index (χ1n) is 10.3. The first-order chi connectivity index (χ1) is 14.2. The van der Waals surface area contributed by atoms with Gasteiger partial charge in [-0.25, -0.2) is 18.1 Å². The van der Waals surface area contributed by atoms with Gasteiger partial charge in [0.2, 0.25) is 10.0 Å². The fourth-order valence-corrected chi connectivity index (χ4v) is 4.04. The lowest BCUT2D eigenvalue weighted by Gasteiger charge is -2.17. The molecular weight excluding hydrogens is 398 g/mol. The molecule has 0 radical (unpaired) electrons. The average Bonchev–Trinajstić information content (AvgIpc) is 3.10. The van der Waals surface area contributed by atoms with E-state index in [2.05, 4.69) is 40.8 Å². The molecule has 0 fully saturated rings. The topological polar surface area (TPSA) is 80.1 Å². The molecule has 0 bridgehead atoms. The number of aromatic nitrogens is 3. The van der Waals surface area contributed by atoms with Gasteiger partial charge in [-0.2, -0.15) is 5.10 Å². The number of hydrogen-bond donors (Lipinski definition) is 1. The monoisotopic (exact) mass is 429 g/mol. The zero-order chi connectivity index (χ0) is 21.9. The van der Waals surface area contributed by atoms with E-state index in [1.807, 2.05) is 30.7 Å². The summed E-state index contributed by atoms with van der Waals surface area (Å²) in [7, 11) is -1.31. The molecule has 0 saturated heterocycles. The molecule has 0 atom stereocenters. The van der Waals surface area contributed by atoms with Gasteiger partial charge in [0.25, 0.3) is 0 Å². The van der Waals surface area contributed by atoms with Gasteiger partial charge in [0.05, 0.1) is 29.2 Å². The lowest BCUT2D eigenvalue weighted by molar-refractivity contribution is 0.321. The summed E-state index contributed by atoms with van der Waals surface area (Å²) < 4.78 is 28.3. The molecule has 1 N–H and O–H groups in total. The van der Waals surface area contributed by atoms with Crippen LogP contribution in [0.5, 0.6) is 0 Å². The number of nitrogens with one attached hydrogen (secondary N) is 1. The van der Waals surface area contributed by atoms with Gasteiger partial charge in [0, 0.05) is 18.2 Å². The minimum absolute atomic E-state index is 0.106. The molecule has 0 saturated carbocycles. The highest BCUT2D eigenvalue weighted by Crippen LogP contribution is 2.30. The van der Waals surface area contributed by atoms with E-state index in [9.17, 15) is 8.42 Å². The van der Waals surface area contributed by atoms with Crippen molar-refractivity contribution >= 4 is 26.7 Å². The van der Waals surface area contributed by atoms with Gasteiger partial charge in [0.15, 0.2) is 5.65 Å². The van der Waals surface area contributed by atoms with Crippen molar-refractivity contribution in [3.8, 4) is 11.3 Å². The van der Waals surface area contributed by atoms with Crippen LogP contribution >= 0.6 is 0 Å². The Balaban J connectivity index is 2.05. The highest BCUT2D eigenvalue weighted by molar-refractivity contribution is 7.92. The molecule has 7 nitrogen and oxygen atoms in total. The van der Waals surface area contributed by atoms with Crippen LogP contribution in [0.4, 0.5) is 5.69 Å². The molecule has 1 aromatic carbocycles. The summed E-state index contributed by atoms with van der Waals surface area (Å²) in [6, 6.07) is 10.2. The third-order valence-electron chi connectivity index (χ3n) is 4.92. The van der Waals surface area contributed by atoms with Crippen LogP contribution in [0.1, 0.15) is 45.2 Å². The molecule has 3 rings (SSSR count). The highest BCUT2D eigenvalue weighted by atomic mass is 32.2. The van der Waals surface area contributed by atoms with Crippen molar-refractivity contribution in [2.75, 3.05) is 24.6 Å². The minimum Gasteiger partial charge on any atom is -0.302 e. The van der Waals surface area contributed by atoms with Gasteiger partial charge in [-0.05, 0) is 51.6 Å². The predicted octanol–water partition coefficient (Wildman–Crippen LogP) is 4.28. The Hall–Kier alpha value is -2.45. The zero-order valence-corrected chi connectivity index (χ0v) is 19.2. The van der Waals surface area contributed by atoms with E-state index in [1.165, 1.54) is 18.4 Å². The Kier molecular flexibility index (Phi) is 6.77. The largest absolute Gasteiger partial charge is 0.302 e. The molecule has 0 aliphatic rings. The van der Waals surface area contributed by atoms with Crippen molar-refractivity contribution in [3.63, 3.8) is 0 Å². The van der Waals surface area contributed by atoms with Crippen molar-refractivity contribution in [1.82, 2.24) is 19.7 Å². The summed E-state index contributed by atoms with van der Waals surface area (Å²) in [6.45, 7) is 8.16. The SMILES string of the molecule is CCCCN(C)Cc1cccc(-c2cc(NS(C)(=O)=O)c3cnn(C(C)C)c3n2)c1. The number of unbranched alkanes of at least 4 members (excludes halogenated alkanes) is 1. The van der Waals surface area contributed by atoms with Crippen LogP contribution in [0.25, 0.3) is 22.3 Å². The third kappa shape index (κ3) is 5.37. The maximum absolute atomic E-state index is 11.9. The summed E-state index contributed by atoms with van der Waals surface area (Å²) in [5.41, 5.74) is 4.03. The number of rotatable bonds is 9. The summed E-state index contributed by atoms with van der Waals surface area (Å²) in [5, 5.41) is 5.11. The second-order valence-electron chi connectivity index (χ2n) is 8.14. The minimum atomic E-state index is -3.43. The lowest BCUT2D eigenvalue weighted by atomic mass is 10.1.